The highest BCUT2D eigenvalue weighted by atomic mass is 16.2. The van der Waals surface area contributed by atoms with Gasteiger partial charge in [-0.25, -0.2) is 0 Å². The molecule has 4 N–H and O–H groups in total. The number of nitrogens with zero attached hydrogens (tertiary/aromatic N) is 1. The molecule has 80 valence electrons. The summed E-state index contributed by atoms with van der Waals surface area (Å²) in [5.74, 6) is 0.0554. The zero-order chi connectivity index (χ0) is 11.0. The number of carbonyl (C=O) groups is 1. The van der Waals surface area contributed by atoms with Crippen LogP contribution in [0.4, 0.5) is 11.4 Å². The van der Waals surface area contributed by atoms with Crippen molar-refractivity contribution in [3.8, 4) is 0 Å². The molecule has 0 aliphatic carbocycles. The molecule has 4 nitrogen and oxygen atoms in total. The topological polar surface area (TPSA) is 72.3 Å². The van der Waals surface area contributed by atoms with Crippen molar-refractivity contribution in [2.75, 3.05) is 17.2 Å². The third-order valence-electron chi connectivity index (χ3n) is 2.63. The van der Waals surface area contributed by atoms with Crippen LogP contribution in [0.1, 0.15) is 12.0 Å². The van der Waals surface area contributed by atoms with Crippen LogP contribution >= 0.6 is 0 Å². The summed E-state index contributed by atoms with van der Waals surface area (Å²) in [6.45, 7) is 2.54. The summed E-state index contributed by atoms with van der Waals surface area (Å²) in [6.07, 6.45) is 0.410. The van der Waals surface area contributed by atoms with Crippen molar-refractivity contribution in [2.45, 2.75) is 19.4 Å². The molecular weight excluding hydrogens is 190 g/mol. The number of nitrogen functional groups attached to an aromatic ring is 1. The van der Waals surface area contributed by atoms with Crippen LogP contribution in [-0.2, 0) is 4.79 Å². The Bertz CT molecular complexity index is 403. The number of hydrogen-bond donors (Lipinski definition) is 2. The third kappa shape index (κ3) is 1.80. The van der Waals surface area contributed by atoms with Crippen molar-refractivity contribution >= 4 is 17.3 Å². The Morgan fingerprint density at radius 1 is 1.47 bits per heavy atom. The monoisotopic (exact) mass is 205 g/mol. The second-order valence-electron chi connectivity index (χ2n) is 4.03. The summed E-state index contributed by atoms with van der Waals surface area (Å²) in [7, 11) is 0. The number of carbonyl (C=O) groups excluding carboxylic acids is 1. The van der Waals surface area contributed by atoms with Gasteiger partial charge in [-0.15, -0.1) is 0 Å². The Morgan fingerprint density at radius 2 is 2.20 bits per heavy atom. The Kier molecular flexibility index (Phi) is 2.36. The first-order chi connectivity index (χ1) is 7.08. The number of hydrogen-bond acceptors (Lipinski definition) is 3. The van der Waals surface area contributed by atoms with Crippen molar-refractivity contribution < 1.29 is 4.79 Å². The van der Waals surface area contributed by atoms with E-state index in [1.807, 2.05) is 25.1 Å². The number of anilines is 2. The molecule has 1 amide bonds. The van der Waals surface area contributed by atoms with Crippen LogP contribution < -0.4 is 16.4 Å². The van der Waals surface area contributed by atoms with E-state index in [1.54, 1.807) is 4.90 Å². The van der Waals surface area contributed by atoms with Crippen LogP contribution in [0.3, 0.4) is 0 Å². The highest BCUT2D eigenvalue weighted by Crippen LogP contribution is 2.27. The summed E-state index contributed by atoms with van der Waals surface area (Å²) in [6, 6.07) is 5.60. The predicted octanol–water partition coefficient (Wildman–Crippen LogP) is 0.641. The first-order valence-corrected chi connectivity index (χ1v) is 5.00. The van der Waals surface area contributed by atoms with E-state index >= 15 is 0 Å². The Hall–Kier alpha value is -1.55. The first kappa shape index (κ1) is 9.98. The molecule has 1 aliphatic rings. The van der Waals surface area contributed by atoms with Gasteiger partial charge in [-0.1, -0.05) is 6.07 Å². The van der Waals surface area contributed by atoms with E-state index in [0.29, 0.717) is 18.7 Å². The van der Waals surface area contributed by atoms with Crippen molar-refractivity contribution in [2.24, 2.45) is 5.73 Å². The molecule has 0 bridgehead atoms. The van der Waals surface area contributed by atoms with Gasteiger partial charge in [0.1, 0.15) is 0 Å². The quantitative estimate of drug-likeness (QED) is 0.661. The number of benzene rings is 1. The summed E-state index contributed by atoms with van der Waals surface area (Å²) in [4.78, 5) is 13.3. The second kappa shape index (κ2) is 3.55. The van der Waals surface area contributed by atoms with Gasteiger partial charge in [0.2, 0.25) is 5.91 Å². The van der Waals surface area contributed by atoms with Gasteiger partial charge < -0.3 is 16.4 Å². The molecule has 1 fully saturated rings. The molecule has 1 aromatic rings. The predicted molar refractivity (Wildman–Crippen MR) is 60.5 cm³/mol. The van der Waals surface area contributed by atoms with Crippen molar-refractivity contribution in [3.63, 3.8) is 0 Å². The van der Waals surface area contributed by atoms with Crippen molar-refractivity contribution in [3.05, 3.63) is 23.8 Å². The van der Waals surface area contributed by atoms with E-state index in [2.05, 4.69) is 0 Å². The molecule has 0 radical (unpaired) electrons. The lowest BCUT2D eigenvalue weighted by atomic mass is 10.2. The third-order valence-corrected chi connectivity index (χ3v) is 2.63. The molecule has 1 atom stereocenters. The minimum atomic E-state index is -0.0718. The molecule has 1 aliphatic heterocycles. The van der Waals surface area contributed by atoms with Gasteiger partial charge in [0.25, 0.3) is 0 Å². The maximum Gasteiger partial charge on any atom is 0.228 e. The van der Waals surface area contributed by atoms with Gasteiger partial charge in [0.05, 0.1) is 11.4 Å². The van der Waals surface area contributed by atoms with Gasteiger partial charge in [-0.2, -0.15) is 0 Å². The summed E-state index contributed by atoms with van der Waals surface area (Å²) >= 11 is 0. The molecule has 0 aromatic heterocycles. The van der Waals surface area contributed by atoms with Crippen LogP contribution in [0.15, 0.2) is 18.2 Å². The smallest absolute Gasteiger partial charge is 0.228 e. The lowest BCUT2D eigenvalue weighted by Crippen LogP contribution is -2.28. The standard InChI is InChI=1S/C11H15N3O/c1-7-2-3-9(13)10(4-7)14-6-8(12)5-11(14)15/h2-4,8H,5-6,12-13H2,1H3. The minimum absolute atomic E-state index is 0.0554. The fourth-order valence-electron chi connectivity index (χ4n) is 1.86. The van der Waals surface area contributed by atoms with Gasteiger partial charge in [0, 0.05) is 19.0 Å². The van der Waals surface area contributed by atoms with Gasteiger partial charge in [0.15, 0.2) is 0 Å². The Balaban J connectivity index is 2.37. The fraction of sp³-hybridized carbons (Fsp3) is 0.364. The SMILES string of the molecule is Cc1ccc(N)c(N2CC(N)CC2=O)c1. The summed E-state index contributed by atoms with van der Waals surface area (Å²) in [5.41, 5.74) is 14.1. The molecule has 1 heterocycles. The maximum absolute atomic E-state index is 11.6. The molecular formula is C11H15N3O. The molecule has 1 aromatic carbocycles. The lowest BCUT2D eigenvalue weighted by Gasteiger charge is -2.18. The number of rotatable bonds is 1. The molecule has 1 unspecified atom stereocenters. The second-order valence-corrected chi connectivity index (χ2v) is 4.03. The van der Waals surface area contributed by atoms with Gasteiger partial charge in [-0.3, -0.25) is 4.79 Å². The van der Waals surface area contributed by atoms with Crippen LogP contribution in [0.5, 0.6) is 0 Å². The summed E-state index contributed by atoms with van der Waals surface area (Å²) in [5, 5.41) is 0. The molecule has 0 saturated carbocycles. The fourth-order valence-corrected chi connectivity index (χ4v) is 1.86. The van der Waals surface area contributed by atoms with Crippen molar-refractivity contribution in [1.29, 1.82) is 0 Å². The average molecular weight is 205 g/mol. The molecule has 15 heavy (non-hydrogen) atoms. The van der Waals surface area contributed by atoms with E-state index in [9.17, 15) is 4.79 Å². The van der Waals surface area contributed by atoms with Crippen LogP contribution in [0.25, 0.3) is 0 Å². The number of aryl methyl sites for hydroxylation is 1. The Labute approximate surface area is 88.9 Å². The normalized spacial score (nSPS) is 21.1. The first-order valence-electron chi connectivity index (χ1n) is 5.00. The lowest BCUT2D eigenvalue weighted by molar-refractivity contribution is -0.117. The number of nitrogens with two attached hydrogens (primary N) is 2. The minimum Gasteiger partial charge on any atom is -0.397 e. The van der Waals surface area contributed by atoms with E-state index in [4.69, 9.17) is 11.5 Å². The highest BCUT2D eigenvalue weighted by molar-refractivity contribution is 5.98. The van der Waals surface area contributed by atoms with Crippen molar-refractivity contribution in [1.82, 2.24) is 0 Å². The zero-order valence-electron chi connectivity index (χ0n) is 8.73. The molecule has 2 rings (SSSR count). The van der Waals surface area contributed by atoms with Crippen LogP contribution in [0, 0.1) is 6.92 Å². The van der Waals surface area contributed by atoms with E-state index in [1.165, 1.54) is 0 Å². The zero-order valence-corrected chi connectivity index (χ0v) is 8.73. The largest absolute Gasteiger partial charge is 0.397 e. The maximum atomic E-state index is 11.6. The van der Waals surface area contributed by atoms with Crippen LogP contribution in [0.2, 0.25) is 0 Å². The van der Waals surface area contributed by atoms with E-state index < -0.39 is 0 Å². The summed E-state index contributed by atoms with van der Waals surface area (Å²) < 4.78 is 0. The van der Waals surface area contributed by atoms with E-state index in [0.717, 1.165) is 11.3 Å². The van der Waals surface area contributed by atoms with Gasteiger partial charge in [-0.05, 0) is 24.6 Å². The van der Waals surface area contributed by atoms with Crippen LogP contribution in [-0.4, -0.2) is 18.5 Å². The Morgan fingerprint density at radius 3 is 2.80 bits per heavy atom. The molecule has 4 heteroatoms. The number of amides is 1. The van der Waals surface area contributed by atoms with E-state index in [-0.39, 0.29) is 11.9 Å². The average Bonchev–Trinajstić information content (AvgIpc) is 2.50. The van der Waals surface area contributed by atoms with Gasteiger partial charge >= 0.3 is 0 Å². The molecule has 0 spiro atoms. The molecule has 1 saturated heterocycles. The highest BCUT2D eigenvalue weighted by Gasteiger charge is 2.29.